The molecule has 2 aromatic carbocycles. The minimum atomic E-state index is -0.194. The molecule has 3 aromatic heterocycles. The number of carbonyl (C=O) groups excluding carboxylic acids is 1. The molecule has 166 valence electrons. The molecule has 0 spiro atoms. The average molecular weight is 440 g/mol. The molecule has 0 fully saturated rings. The van der Waals surface area contributed by atoms with Gasteiger partial charge in [0.15, 0.2) is 5.65 Å². The molecule has 0 aliphatic heterocycles. The van der Waals surface area contributed by atoms with Gasteiger partial charge >= 0.3 is 0 Å². The van der Waals surface area contributed by atoms with Crippen LogP contribution in [-0.2, 0) is 0 Å². The highest BCUT2D eigenvalue weighted by Gasteiger charge is 2.21. The van der Waals surface area contributed by atoms with Crippen LogP contribution in [0, 0.1) is 13.8 Å². The van der Waals surface area contributed by atoms with Crippen LogP contribution < -0.4 is 10.1 Å². The predicted octanol–water partition coefficient (Wildman–Crippen LogP) is 4.40. The van der Waals surface area contributed by atoms with E-state index < -0.39 is 0 Å². The second-order valence-electron chi connectivity index (χ2n) is 8.16. The van der Waals surface area contributed by atoms with Gasteiger partial charge in [-0.25, -0.2) is 9.50 Å². The van der Waals surface area contributed by atoms with E-state index in [-0.39, 0.29) is 11.8 Å². The number of fused-ring (bicyclic) bond motifs is 2. The summed E-state index contributed by atoms with van der Waals surface area (Å²) < 4.78 is 7.02. The molecule has 0 saturated carbocycles. The number of methoxy groups -OCH3 is 1. The lowest BCUT2D eigenvalue weighted by Crippen LogP contribution is -2.29. The summed E-state index contributed by atoms with van der Waals surface area (Å²) >= 11 is 0. The Kier molecular flexibility index (Phi) is 5.30. The van der Waals surface area contributed by atoms with Crippen molar-refractivity contribution in [2.24, 2.45) is 0 Å². The normalized spacial score (nSPS) is 12.2. The molecule has 1 atom stereocenters. The summed E-state index contributed by atoms with van der Waals surface area (Å²) in [5.74, 6) is 0.554. The first kappa shape index (κ1) is 20.8. The molecule has 0 saturated heterocycles. The van der Waals surface area contributed by atoms with Crippen molar-refractivity contribution >= 4 is 22.5 Å². The molecule has 7 heteroatoms. The van der Waals surface area contributed by atoms with Crippen molar-refractivity contribution in [1.82, 2.24) is 24.9 Å². The molecule has 0 bridgehead atoms. The number of hydrogen-bond acceptors (Lipinski definition) is 4. The minimum Gasteiger partial charge on any atom is -0.497 e. The van der Waals surface area contributed by atoms with Crippen LogP contribution in [0.3, 0.4) is 0 Å². The topological polar surface area (TPSA) is 84.3 Å². The van der Waals surface area contributed by atoms with Crippen molar-refractivity contribution in [3.8, 4) is 5.75 Å². The highest BCUT2D eigenvalue weighted by Crippen LogP contribution is 2.31. The van der Waals surface area contributed by atoms with Gasteiger partial charge in [0.05, 0.1) is 13.3 Å². The smallest absolute Gasteiger partial charge is 0.256 e. The number of rotatable bonds is 6. The summed E-state index contributed by atoms with van der Waals surface area (Å²) in [6, 6.07) is 18.1. The first-order valence-electron chi connectivity index (χ1n) is 10.9. The van der Waals surface area contributed by atoms with Crippen LogP contribution in [-0.4, -0.2) is 39.1 Å². The Labute approximate surface area is 191 Å². The van der Waals surface area contributed by atoms with E-state index in [0.29, 0.717) is 17.8 Å². The zero-order chi connectivity index (χ0) is 22.9. The molecule has 5 aromatic rings. The number of nitrogens with one attached hydrogen (secondary N) is 2. The van der Waals surface area contributed by atoms with Gasteiger partial charge in [-0.15, -0.1) is 0 Å². The van der Waals surface area contributed by atoms with Gasteiger partial charge in [-0.05, 0) is 49.2 Å². The number of para-hydroxylation sites is 1. The fourth-order valence-electron chi connectivity index (χ4n) is 4.35. The Hall–Kier alpha value is -4.13. The maximum Gasteiger partial charge on any atom is 0.256 e. The highest BCUT2D eigenvalue weighted by molar-refractivity contribution is 5.99. The van der Waals surface area contributed by atoms with Crippen LogP contribution in [0.25, 0.3) is 16.6 Å². The molecule has 33 heavy (non-hydrogen) atoms. The van der Waals surface area contributed by atoms with Gasteiger partial charge in [0.1, 0.15) is 11.3 Å². The molecule has 2 N–H and O–H groups in total. The van der Waals surface area contributed by atoms with Crippen molar-refractivity contribution in [2.75, 3.05) is 13.7 Å². The number of ether oxygens (including phenoxy) is 1. The molecule has 1 unspecified atom stereocenters. The fourth-order valence-corrected chi connectivity index (χ4v) is 4.35. The summed E-state index contributed by atoms with van der Waals surface area (Å²) in [5, 5.41) is 8.60. The van der Waals surface area contributed by atoms with E-state index in [2.05, 4.69) is 32.5 Å². The molecule has 1 amide bonds. The number of H-pyrrole nitrogens is 1. The standard InChI is InChI=1S/C26H25N5O2/c1-16-12-17(2)31-25(30-16)23(15-29-31)26(32)28-13-21(18-8-10-19(33-3)11-9-18)22-14-27-24-7-5-4-6-20(22)24/h4-12,14-15,21,27H,13H2,1-3H3,(H,28,32). The van der Waals surface area contributed by atoms with Crippen LogP contribution in [0.15, 0.2) is 67.0 Å². The molecular formula is C26H25N5O2. The SMILES string of the molecule is COc1ccc(C(CNC(=O)c2cnn3c(C)cc(C)nc23)c2c[nH]c3ccccc23)cc1. The molecule has 3 heterocycles. The summed E-state index contributed by atoms with van der Waals surface area (Å²) in [6.07, 6.45) is 3.60. The molecule has 0 aliphatic carbocycles. The van der Waals surface area contributed by atoms with Crippen molar-refractivity contribution < 1.29 is 9.53 Å². The average Bonchev–Trinajstić information content (AvgIpc) is 3.44. The van der Waals surface area contributed by atoms with Crippen molar-refractivity contribution in [1.29, 1.82) is 0 Å². The number of amides is 1. The number of benzene rings is 2. The van der Waals surface area contributed by atoms with Crippen LogP contribution in [0.4, 0.5) is 0 Å². The van der Waals surface area contributed by atoms with E-state index >= 15 is 0 Å². The molecule has 7 nitrogen and oxygen atoms in total. The lowest BCUT2D eigenvalue weighted by atomic mass is 9.90. The number of hydrogen-bond donors (Lipinski definition) is 2. The van der Waals surface area contributed by atoms with E-state index in [4.69, 9.17) is 4.74 Å². The Morgan fingerprint density at radius 3 is 2.73 bits per heavy atom. The van der Waals surface area contributed by atoms with E-state index in [1.807, 2.05) is 62.5 Å². The van der Waals surface area contributed by atoms with E-state index in [1.54, 1.807) is 17.8 Å². The van der Waals surface area contributed by atoms with Crippen LogP contribution in [0.1, 0.15) is 38.8 Å². The van der Waals surface area contributed by atoms with E-state index in [9.17, 15) is 4.79 Å². The second-order valence-corrected chi connectivity index (χ2v) is 8.16. The molecule has 5 rings (SSSR count). The number of nitrogens with zero attached hydrogens (tertiary/aromatic N) is 3. The zero-order valence-corrected chi connectivity index (χ0v) is 18.8. The molecular weight excluding hydrogens is 414 g/mol. The second kappa shape index (κ2) is 8.43. The van der Waals surface area contributed by atoms with Crippen LogP contribution >= 0.6 is 0 Å². The minimum absolute atomic E-state index is 0.0470. The summed E-state index contributed by atoms with van der Waals surface area (Å²) in [5.41, 5.74) is 6.10. The first-order chi connectivity index (χ1) is 16.0. The monoisotopic (exact) mass is 439 g/mol. The third-order valence-electron chi connectivity index (χ3n) is 6.00. The van der Waals surface area contributed by atoms with E-state index in [0.717, 1.165) is 39.2 Å². The first-order valence-corrected chi connectivity index (χ1v) is 10.9. The van der Waals surface area contributed by atoms with Crippen LogP contribution in [0.2, 0.25) is 0 Å². The van der Waals surface area contributed by atoms with Gasteiger partial charge in [-0.1, -0.05) is 30.3 Å². The van der Waals surface area contributed by atoms with Gasteiger partial charge in [-0.2, -0.15) is 5.10 Å². The van der Waals surface area contributed by atoms with E-state index in [1.165, 1.54) is 0 Å². The molecule has 0 aliphatic rings. The predicted molar refractivity (Wildman–Crippen MR) is 128 cm³/mol. The number of aryl methyl sites for hydroxylation is 2. The Morgan fingerprint density at radius 2 is 1.94 bits per heavy atom. The number of aromatic nitrogens is 4. The quantitative estimate of drug-likeness (QED) is 0.411. The van der Waals surface area contributed by atoms with Gasteiger partial charge in [-0.3, -0.25) is 4.79 Å². The Balaban J connectivity index is 1.48. The number of carbonyl (C=O) groups is 1. The maximum absolute atomic E-state index is 13.2. The van der Waals surface area contributed by atoms with Gasteiger partial charge in [0.2, 0.25) is 0 Å². The molecule has 0 radical (unpaired) electrons. The maximum atomic E-state index is 13.2. The largest absolute Gasteiger partial charge is 0.497 e. The van der Waals surface area contributed by atoms with Crippen molar-refractivity contribution in [3.05, 3.63) is 95.1 Å². The number of aromatic amines is 1. The summed E-state index contributed by atoms with van der Waals surface area (Å²) in [6.45, 7) is 4.29. The van der Waals surface area contributed by atoms with Gasteiger partial charge in [0.25, 0.3) is 5.91 Å². The Morgan fingerprint density at radius 1 is 1.15 bits per heavy atom. The van der Waals surface area contributed by atoms with Crippen molar-refractivity contribution in [2.45, 2.75) is 19.8 Å². The fraction of sp³-hybridized carbons (Fsp3) is 0.192. The Bertz CT molecular complexity index is 1450. The van der Waals surface area contributed by atoms with Crippen molar-refractivity contribution in [3.63, 3.8) is 0 Å². The van der Waals surface area contributed by atoms with Gasteiger partial charge in [0, 0.05) is 41.0 Å². The summed E-state index contributed by atoms with van der Waals surface area (Å²) in [7, 11) is 1.65. The van der Waals surface area contributed by atoms with Crippen LogP contribution in [0.5, 0.6) is 5.75 Å². The third-order valence-corrected chi connectivity index (χ3v) is 6.00. The third kappa shape index (κ3) is 3.82. The zero-order valence-electron chi connectivity index (χ0n) is 18.8. The highest BCUT2D eigenvalue weighted by atomic mass is 16.5. The summed E-state index contributed by atoms with van der Waals surface area (Å²) in [4.78, 5) is 21.1. The lowest BCUT2D eigenvalue weighted by molar-refractivity contribution is 0.0954. The van der Waals surface area contributed by atoms with Gasteiger partial charge < -0.3 is 15.0 Å². The lowest BCUT2D eigenvalue weighted by Gasteiger charge is -2.18.